The van der Waals surface area contributed by atoms with Crippen molar-refractivity contribution >= 4 is 20.9 Å². The fraction of sp³-hybridized carbons (Fsp3) is 0.250. The molecule has 0 saturated carbocycles. The zero-order chi connectivity index (χ0) is 19.2. The smallest absolute Gasteiger partial charge is 0.251 e. The van der Waals surface area contributed by atoms with Gasteiger partial charge in [-0.15, -0.1) is 0 Å². The quantitative estimate of drug-likeness (QED) is 0.753. The molecule has 2 aromatic carbocycles. The van der Waals surface area contributed by atoms with E-state index in [0.29, 0.717) is 24.3 Å². The van der Waals surface area contributed by atoms with Gasteiger partial charge in [0.2, 0.25) is 10.0 Å². The van der Waals surface area contributed by atoms with Crippen molar-refractivity contribution in [3.63, 3.8) is 0 Å². The Morgan fingerprint density at radius 1 is 1.07 bits per heavy atom. The second-order valence-corrected chi connectivity index (χ2v) is 8.69. The molecule has 0 fully saturated rings. The number of nitrogens with zero attached hydrogens (tertiary/aromatic N) is 1. The molecule has 0 radical (unpaired) electrons. The van der Waals surface area contributed by atoms with Crippen LogP contribution in [0.25, 0.3) is 10.9 Å². The molecule has 1 aliphatic rings. The van der Waals surface area contributed by atoms with E-state index in [0.717, 1.165) is 22.0 Å². The van der Waals surface area contributed by atoms with Crippen LogP contribution in [-0.4, -0.2) is 31.4 Å². The van der Waals surface area contributed by atoms with Gasteiger partial charge in [0.15, 0.2) is 0 Å². The number of H-pyrrole nitrogens is 1. The van der Waals surface area contributed by atoms with Crippen LogP contribution in [0.2, 0.25) is 0 Å². The molecule has 0 spiro atoms. The van der Waals surface area contributed by atoms with Crippen molar-refractivity contribution in [3.8, 4) is 5.75 Å². The lowest BCUT2D eigenvalue weighted by atomic mass is 9.98. The van der Waals surface area contributed by atoms with Gasteiger partial charge < -0.3 is 9.72 Å². The number of sulfonamides is 1. The van der Waals surface area contributed by atoms with Gasteiger partial charge >= 0.3 is 0 Å². The van der Waals surface area contributed by atoms with Crippen molar-refractivity contribution in [3.05, 3.63) is 69.5 Å². The highest BCUT2D eigenvalue weighted by Gasteiger charge is 2.28. The summed E-state index contributed by atoms with van der Waals surface area (Å²) in [4.78, 5) is 15.0. The second kappa shape index (κ2) is 6.51. The number of nitrogens with one attached hydrogen (secondary N) is 1. The molecule has 3 aromatic rings. The van der Waals surface area contributed by atoms with E-state index in [2.05, 4.69) is 4.98 Å². The van der Waals surface area contributed by atoms with Gasteiger partial charge in [-0.1, -0.05) is 0 Å². The van der Waals surface area contributed by atoms with Gasteiger partial charge in [-0.25, -0.2) is 8.42 Å². The summed E-state index contributed by atoms with van der Waals surface area (Å²) in [6.07, 6.45) is 0.638. The third-order valence-corrected chi connectivity index (χ3v) is 6.88. The number of pyridine rings is 1. The third-order valence-electron chi connectivity index (χ3n) is 5.02. The first-order chi connectivity index (χ1) is 12.9. The summed E-state index contributed by atoms with van der Waals surface area (Å²) in [7, 11) is -2.05. The number of aryl methyl sites for hydroxylation is 1. The number of hydrogen-bond donors (Lipinski definition) is 1. The summed E-state index contributed by atoms with van der Waals surface area (Å²) < 4.78 is 32.5. The maximum absolute atomic E-state index is 13.0. The van der Waals surface area contributed by atoms with Crippen molar-refractivity contribution < 1.29 is 13.2 Å². The van der Waals surface area contributed by atoms with E-state index in [9.17, 15) is 13.2 Å². The van der Waals surface area contributed by atoms with E-state index in [1.165, 1.54) is 4.31 Å². The highest BCUT2D eigenvalue weighted by Crippen LogP contribution is 2.28. The maximum atomic E-state index is 13.0. The van der Waals surface area contributed by atoms with E-state index in [1.54, 1.807) is 38.3 Å². The van der Waals surface area contributed by atoms with Crippen LogP contribution in [0.15, 0.2) is 52.2 Å². The molecule has 0 unspecified atom stereocenters. The van der Waals surface area contributed by atoms with Crippen LogP contribution < -0.4 is 10.3 Å². The number of methoxy groups -OCH3 is 1. The minimum absolute atomic E-state index is 0.124. The maximum Gasteiger partial charge on any atom is 0.251 e. The Balaban J connectivity index is 1.70. The molecular weight excluding hydrogens is 364 g/mol. The van der Waals surface area contributed by atoms with Gasteiger partial charge in [0.1, 0.15) is 5.75 Å². The largest absolute Gasteiger partial charge is 0.497 e. The molecule has 0 atom stereocenters. The Bertz CT molecular complexity index is 1180. The summed E-state index contributed by atoms with van der Waals surface area (Å²) in [5, 5.41) is 0.970. The number of aromatic nitrogens is 1. The predicted octanol–water partition coefficient (Wildman–Crippen LogP) is 2.59. The lowest BCUT2D eigenvalue weighted by molar-refractivity contribution is 0.391. The van der Waals surface area contributed by atoms with Crippen molar-refractivity contribution in [2.24, 2.45) is 0 Å². The minimum Gasteiger partial charge on any atom is -0.497 e. The molecule has 1 aliphatic heterocycles. The standard InChI is InChI=1S/C20H20N2O4S/c1-13-9-15-10-14-7-8-22(12-16(14)11-19(15)21-20(13)23)27(24,25)18-5-3-17(26-2)4-6-18/h3-6,9-11H,7-8,12H2,1-2H3,(H,21,23). The molecule has 0 saturated heterocycles. The van der Waals surface area contributed by atoms with Gasteiger partial charge in [0, 0.05) is 24.2 Å². The Labute approximate surface area is 157 Å². The highest BCUT2D eigenvalue weighted by molar-refractivity contribution is 7.89. The topological polar surface area (TPSA) is 79.5 Å². The number of benzene rings is 2. The van der Waals surface area contributed by atoms with Gasteiger partial charge in [-0.05, 0) is 72.3 Å². The zero-order valence-corrected chi connectivity index (χ0v) is 16.0. The van der Waals surface area contributed by atoms with Gasteiger partial charge in [0.05, 0.1) is 12.0 Å². The highest BCUT2D eigenvalue weighted by atomic mass is 32.2. The molecule has 140 valence electrons. The van der Waals surface area contributed by atoms with Crippen LogP contribution in [0, 0.1) is 6.92 Å². The minimum atomic E-state index is -3.59. The number of aromatic amines is 1. The molecule has 6 nitrogen and oxygen atoms in total. The number of hydrogen-bond acceptors (Lipinski definition) is 4. The first kappa shape index (κ1) is 17.8. The molecule has 1 aromatic heterocycles. The Morgan fingerprint density at radius 3 is 2.52 bits per heavy atom. The van der Waals surface area contributed by atoms with Crippen molar-refractivity contribution in [1.82, 2.24) is 9.29 Å². The predicted molar refractivity (Wildman–Crippen MR) is 104 cm³/mol. The molecule has 1 N–H and O–H groups in total. The molecule has 2 heterocycles. The van der Waals surface area contributed by atoms with E-state index in [1.807, 2.05) is 18.2 Å². The normalized spacial score (nSPS) is 14.9. The van der Waals surface area contributed by atoms with E-state index in [4.69, 9.17) is 4.74 Å². The number of rotatable bonds is 3. The second-order valence-electron chi connectivity index (χ2n) is 6.75. The van der Waals surface area contributed by atoms with Gasteiger partial charge in [0.25, 0.3) is 5.56 Å². The summed E-state index contributed by atoms with van der Waals surface area (Å²) in [5.74, 6) is 0.614. The molecular formula is C20H20N2O4S. The fourth-order valence-electron chi connectivity index (χ4n) is 3.45. The van der Waals surface area contributed by atoms with E-state index >= 15 is 0 Å². The summed E-state index contributed by atoms with van der Waals surface area (Å²) in [6, 6.07) is 12.2. The SMILES string of the molecule is COc1ccc(S(=O)(=O)N2CCc3cc4cc(C)c(=O)[nH]c4cc3C2)cc1. The molecule has 7 heteroatoms. The summed E-state index contributed by atoms with van der Waals surface area (Å²) in [6.45, 7) is 2.49. The molecule has 0 bridgehead atoms. The average Bonchev–Trinajstić information content (AvgIpc) is 2.67. The van der Waals surface area contributed by atoms with Crippen LogP contribution >= 0.6 is 0 Å². The lowest BCUT2D eigenvalue weighted by Crippen LogP contribution is -2.36. The fourth-order valence-corrected chi connectivity index (χ4v) is 4.87. The third kappa shape index (κ3) is 3.13. The van der Waals surface area contributed by atoms with Crippen LogP contribution in [0.5, 0.6) is 5.75 Å². The Morgan fingerprint density at radius 2 is 1.81 bits per heavy atom. The van der Waals surface area contributed by atoms with Crippen molar-refractivity contribution in [2.45, 2.75) is 24.8 Å². The first-order valence-corrected chi connectivity index (χ1v) is 10.1. The number of ether oxygens (including phenoxy) is 1. The van der Waals surface area contributed by atoms with Crippen molar-refractivity contribution in [2.75, 3.05) is 13.7 Å². The van der Waals surface area contributed by atoms with Gasteiger partial charge in [-0.3, -0.25) is 4.79 Å². The molecule has 0 amide bonds. The van der Waals surface area contributed by atoms with Crippen LogP contribution in [0.3, 0.4) is 0 Å². The first-order valence-electron chi connectivity index (χ1n) is 8.68. The van der Waals surface area contributed by atoms with E-state index < -0.39 is 10.0 Å². The summed E-state index contributed by atoms with van der Waals surface area (Å²) >= 11 is 0. The van der Waals surface area contributed by atoms with Gasteiger partial charge in [-0.2, -0.15) is 4.31 Å². The van der Waals surface area contributed by atoms with Crippen LogP contribution in [-0.2, 0) is 23.0 Å². The molecule has 0 aliphatic carbocycles. The zero-order valence-electron chi connectivity index (χ0n) is 15.2. The Hall–Kier alpha value is -2.64. The lowest BCUT2D eigenvalue weighted by Gasteiger charge is -2.28. The van der Waals surface area contributed by atoms with Crippen LogP contribution in [0.4, 0.5) is 0 Å². The monoisotopic (exact) mass is 384 g/mol. The summed E-state index contributed by atoms with van der Waals surface area (Å²) in [5.41, 5.74) is 3.32. The van der Waals surface area contributed by atoms with Crippen molar-refractivity contribution in [1.29, 1.82) is 0 Å². The van der Waals surface area contributed by atoms with E-state index in [-0.39, 0.29) is 17.0 Å². The number of fused-ring (bicyclic) bond motifs is 2. The Kier molecular flexibility index (Phi) is 4.28. The van der Waals surface area contributed by atoms with Crippen LogP contribution in [0.1, 0.15) is 16.7 Å². The average molecular weight is 384 g/mol. The molecule has 27 heavy (non-hydrogen) atoms. The molecule has 4 rings (SSSR count).